The van der Waals surface area contributed by atoms with Crippen LogP contribution in [0.15, 0.2) is 89.5 Å². The molecule has 0 fully saturated rings. The Morgan fingerprint density at radius 1 is 0.610 bits per heavy atom. The molecule has 5 heteroatoms. The van der Waals surface area contributed by atoms with E-state index >= 15 is 0 Å². The number of fused-ring (bicyclic) bond motifs is 2. The Hall–Kier alpha value is -2.26. The van der Waals surface area contributed by atoms with E-state index in [0.29, 0.717) is 11.5 Å². The van der Waals surface area contributed by atoms with Gasteiger partial charge in [0.2, 0.25) is 0 Å². The maximum atomic E-state index is 14.1. The van der Waals surface area contributed by atoms with Gasteiger partial charge in [-0.2, -0.15) is 0 Å². The molecule has 4 bridgehead atoms. The van der Waals surface area contributed by atoms with Crippen molar-refractivity contribution in [1.29, 1.82) is 0 Å². The van der Waals surface area contributed by atoms with Gasteiger partial charge in [0.15, 0.2) is 0 Å². The van der Waals surface area contributed by atoms with E-state index in [1.54, 1.807) is 24.3 Å². The number of halogens is 2. The first-order chi connectivity index (χ1) is 18.9. The number of allylic oxidation sites excluding steroid dienone is 8. The molecular weight excluding hydrogens is 594 g/mol. The minimum atomic E-state index is -4.64. The van der Waals surface area contributed by atoms with Crippen molar-refractivity contribution in [1.82, 2.24) is 0 Å². The summed E-state index contributed by atoms with van der Waals surface area (Å²) in [4.78, 5) is 0. The summed E-state index contributed by atoms with van der Waals surface area (Å²) in [6.07, 6.45) is 6.36. The van der Waals surface area contributed by atoms with Crippen LogP contribution >= 0.6 is 0 Å². The van der Waals surface area contributed by atoms with Gasteiger partial charge in [-0.15, -0.1) is 0 Å². The fourth-order valence-corrected chi connectivity index (χ4v) is 17.6. The van der Waals surface area contributed by atoms with Gasteiger partial charge in [-0.25, -0.2) is 0 Å². The first-order valence-corrected chi connectivity index (χ1v) is 19.2. The third kappa shape index (κ3) is 4.95. The van der Waals surface area contributed by atoms with E-state index < -0.39 is 21.1 Å². The van der Waals surface area contributed by atoms with E-state index in [-0.39, 0.29) is 33.3 Å². The molecule has 0 unspecified atom stereocenters. The summed E-state index contributed by atoms with van der Waals surface area (Å²) >= 11 is -4.64. The molecule has 2 aliphatic carbocycles. The third-order valence-corrected chi connectivity index (χ3v) is 17.9. The molecule has 2 aromatic rings. The number of benzene rings is 2. The van der Waals surface area contributed by atoms with Crippen LogP contribution in [0.5, 0.6) is 11.5 Å². The van der Waals surface area contributed by atoms with Gasteiger partial charge in [0.05, 0.1) is 0 Å². The van der Waals surface area contributed by atoms with Crippen molar-refractivity contribution >= 4 is 0 Å². The Balaban J connectivity index is 1.93. The second-order valence-corrected chi connectivity index (χ2v) is 22.0. The van der Waals surface area contributed by atoms with Gasteiger partial charge in [0.25, 0.3) is 0 Å². The molecule has 0 atom stereocenters. The molecule has 5 rings (SSSR count). The van der Waals surface area contributed by atoms with Gasteiger partial charge >= 0.3 is 252 Å². The Labute approximate surface area is 250 Å². The van der Waals surface area contributed by atoms with Crippen LogP contribution in [0.3, 0.4) is 0 Å². The summed E-state index contributed by atoms with van der Waals surface area (Å²) in [6.45, 7) is 23.2. The van der Waals surface area contributed by atoms with E-state index in [2.05, 4.69) is 81.4 Å². The Morgan fingerprint density at radius 3 is 1.24 bits per heavy atom. The number of hydrogen-bond donors (Lipinski definition) is 0. The van der Waals surface area contributed by atoms with Gasteiger partial charge < -0.3 is 0 Å². The molecule has 41 heavy (non-hydrogen) atoms. The van der Waals surface area contributed by atoms with Gasteiger partial charge in [0.1, 0.15) is 0 Å². The molecule has 0 saturated heterocycles. The summed E-state index contributed by atoms with van der Waals surface area (Å²) in [7, 11) is 0. The zero-order chi connectivity index (χ0) is 30.2. The van der Waals surface area contributed by atoms with Crippen molar-refractivity contribution in [2.45, 2.75) is 82.1 Å². The average Bonchev–Trinajstić information content (AvgIpc) is 3.52. The van der Waals surface area contributed by atoms with Crippen molar-refractivity contribution < 1.29 is 35.6 Å². The van der Waals surface area contributed by atoms with Crippen LogP contribution in [0.4, 0.5) is 8.78 Å². The van der Waals surface area contributed by atoms with E-state index in [1.165, 1.54) is 53.1 Å². The molecule has 218 valence electrons. The fourth-order valence-electron chi connectivity index (χ4n) is 7.10. The second kappa shape index (κ2) is 9.90. The molecule has 0 saturated carbocycles. The minimum absolute atomic E-state index is 0.0618. The quantitative estimate of drug-likeness (QED) is 0.332. The summed E-state index contributed by atoms with van der Waals surface area (Å²) < 4.78 is 45.2. The number of rotatable bonds is 4. The zero-order valence-electron chi connectivity index (χ0n) is 26.3. The van der Waals surface area contributed by atoms with Gasteiger partial charge in [-0.3, -0.25) is 0 Å². The topological polar surface area (TPSA) is 18.5 Å². The molecule has 0 radical (unpaired) electrons. The first-order valence-electron chi connectivity index (χ1n) is 14.7. The van der Waals surface area contributed by atoms with Crippen LogP contribution in [0.2, 0.25) is 0 Å². The van der Waals surface area contributed by atoms with Crippen molar-refractivity contribution in [3.8, 4) is 11.5 Å². The molecule has 0 aromatic heterocycles. The standard InChI is InChI=1S/C24H36.2C6H5FO.Zr/c1-21(2,3)17-13-11-15-19(17)24(10,23(7,8)9)20-16-12-14-18(20)22(4,5)6;2*7-5-1-3-6(8)4-2-5;/h15-16H,11-12H2,1-10H3;2*1-4,8H;/q;;;+2/p-2. The predicted molar refractivity (Wildman–Crippen MR) is 160 cm³/mol. The van der Waals surface area contributed by atoms with Crippen molar-refractivity contribution in [3.63, 3.8) is 0 Å². The molecule has 0 spiro atoms. The summed E-state index contributed by atoms with van der Waals surface area (Å²) in [5.41, 5.74) is 4.75. The van der Waals surface area contributed by atoms with Crippen LogP contribution in [-0.4, -0.2) is 0 Å². The van der Waals surface area contributed by atoms with E-state index in [9.17, 15) is 8.78 Å². The second-order valence-electron chi connectivity index (χ2n) is 15.0. The molecule has 3 aliphatic rings. The van der Waals surface area contributed by atoms with Crippen LogP contribution in [-0.2, 0) is 21.1 Å². The van der Waals surface area contributed by atoms with Crippen molar-refractivity contribution in [2.24, 2.45) is 21.7 Å². The molecule has 0 N–H and O–H groups in total. The fraction of sp³-hybridized carbons (Fsp3) is 0.444. The molecule has 1 heterocycles. The number of hydrogen-bond acceptors (Lipinski definition) is 2. The van der Waals surface area contributed by atoms with Gasteiger partial charge in [-0.05, 0) is 0 Å². The van der Waals surface area contributed by atoms with Crippen LogP contribution in [0, 0.1) is 33.3 Å². The Kier molecular flexibility index (Phi) is 7.29. The van der Waals surface area contributed by atoms with E-state index in [4.69, 9.17) is 5.63 Å². The van der Waals surface area contributed by atoms with Crippen LogP contribution < -0.4 is 5.63 Å². The molecule has 2 nitrogen and oxygen atoms in total. The predicted octanol–water partition coefficient (Wildman–Crippen LogP) is 10.7. The monoisotopic (exact) mass is 636 g/mol. The Morgan fingerprint density at radius 2 is 0.951 bits per heavy atom. The molecule has 2 aromatic carbocycles. The normalized spacial score (nSPS) is 20.0. The summed E-state index contributed by atoms with van der Waals surface area (Å²) in [5, 5.41) is 0. The Bertz CT molecular complexity index is 1380. The molecular formula is C36H44F2O2Zr. The van der Waals surface area contributed by atoms with Crippen molar-refractivity contribution in [2.75, 3.05) is 0 Å². The van der Waals surface area contributed by atoms with E-state index in [1.807, 2.05) is 0 Å². The average molecular weight is 638 g/mol. The van der Waals surface area contributed by atoms with Crippen molar-refractivity contribution in [3.05, 3.63) is 101 Å². The molecule has 1 aliphatic heterocycles. The summed E-state index contributed by atoms with van der Waals surface area (Å²) in [6, 6.07) is 12.6. The maximum absolute atomic E-state index is 14.1. The molecule has 0 amide bonds. The SMILES string of the molecule is CC(C)(C)C1=[C]2CC=C1C(C)(C(C)(C)C)C1=CC[C](=C1C(C)(C)C)[Zr]2([O]c1ccc(F)cc1)[O]c1ccc(F)cc1. The zero-order valence-corrected chi connectivity index (χ0v) is 28.7. The van der Waals surface area contributed by atoms with Crippen LogP contribution in [0.1, 0.15) is 82.1 Å². The van der Waals surface area contributed by atoms with E-state index in [0.717, 1.165) is 12.8 Å². The van der Waals surface area contributed by atoms with Crippen LogP contribution in [0.25, 0.3) is 0 Å². The third-order valence-electron chi connectivity index (χ3n) is 9.19. The summed E-state index contributed by atoms with van der Waals surface area (Å²) in [5.74, 6) is 0.593. The van der Waals surface area contributed by atoms with Gasteiger partial charge in [-0.1, -0.05) is 0 Å². The first kappa shape index (κ1) is 30.2. The van der Waals surface area contributed by atoms with Gasteiger partial charge in [0, 0.05) is 0 Å².